The molecule has 3 fully saturated rings. The number of nitro benzene ring substituents is 1. The number of ether oxygens (including phenoxy) is 1. The zero-order chi connectivity index (χ0) is 58.7. The standard InChI is InChI=1S/C63H67ClN10O9S/c1-63(2)24-20-45(52(36-63)43-10-12-46(64)13-11-43)39-71-29-31-72(32-30-71)47-14-16-51(57(34-47)83-48-33-44-21-25-65-59(44)67-38-48)60(76)69-84(81,82)49-15-17-54(56(35-49)74(79)80)66-37-41-22-27-70(28-23-41)26-5-3-4-7-42-8-6-9-50-53(42)40-73(62(50)78)55-18-19-58(75)68-61(55)77/h6,8-17,21,25,33-35,38,41,55,66H,3,5,18-20,22-24,26-32,36-37,39-40H2,1-2H3,(H,65,67)(H,69,76)(H,68,75,77). The number of fused-ring (bicyclic) bond motifs is 2. The third-order valence-electron chi connectivity index (χ3n) is 16.9. The molecular formula is C63H67ClN10O9S. The number of piperazine rings is 1. The number of hydrogen-bond acceptors (Lipinski definition) is 14. The minimum Gasteiger partial charge on any atom is -0.455 e. The van der Waals surface area contributed by atoms with E-state index < -0.39 is 43.4 Å². The first-order valence-electron chi connectivity index (χ1n) is 28.7. The van der Waals surface area contributed by atoms with E-state index in [4.69, 9.17) is 16.3 Å². The second-order valence-electron chi connectivity index (χ2n) is 23.2. The minimum absolute atomic E-state index is 0.0576. The van der Waals surface area contributed by atoms with Gasteiger partial charge in [-0.25, -0.2) is 18.1 Å². The zero-order valence-corrected chi connectivity index (χ0v) is 48.6. The van der Waals surface area contributed by atoms with Crippen LogP contribution in [0.1, 0.15) is 109 Å². The Morgan fingerprint density at radius 1 is 0.929 bits per heavy atom. The fraction of sp³-hybridized carbons (Fsp3) is 0.381. The number of aromatic amines is 1. The van der Waals surface area contributed by atoms with Gasteiger partial charge in [0.05, 0.1) is 21.6 Å². The number of anilines is 2. The average Bonchev–Trinajstić information content (AvgIpc) is 2.72. The Morgan fingerprint density at radius 2 is 1.73 bits per heavy atom. The Morgan fingerprint density at radius 3 is 2.50 bits per heavy atom. The summed E-state index contributed by atoms with van der Waals surface area (Å²) in [5.41, 5.74) is 7.47. The number of carbonyl (C=O) groups is 4. The first kappa shape index (κ1) is 57.7. The van der Waals surface area contributed by atoms with Crippen molar-refractivity contribution in [3.63, 3.8) is 0 Å². The third kappa shape index (κ3) is 13.1. The molecule has 0 saturated carbocycles. The molecule has 0 radical (unpaired) electrons. The van der Waals surface area contributed by atoms with Gasteiger partial charge in [-0.3, -0.25) is 39.5 Å². The van der Waals surface area contributed by atoms with Crippen molar-refractivity contribution in [2.24, 2.45) is 11.3 Å². The molecule has 21 heteroatoms. The molecule has 19 nitrogen and oxygen atoms in total. The first-order chi connectivity index (χ1) is 40.4. The zero-order valence-electron chi connectivity index (χ0n) is 47.0. The van der Waals surface area contributed by atoms with Gasteiger partial charge in [-0.15, -0.1) is 0 Å². The van der Waals surface area contributed by atoms with E-state index >= 15 is 0 Å². The number of likely N-dealkylation sites (tertiary alicyclic amines) is 1. The Balaban J connectivity index is 0.692. The highest BCUT2D eigenvalue weighted by Crippen LogP contribution is 2.44. The summed E-state index contributed by atoms with van der Waals surface area (Å²) in [5, 5.41) is 19.5. The van der Waals surface area contributed by atoms with Gasteiger partial charge in [0.2, 0.25) is 11.8 Å². The van der Waals surface area contributed by atoms with E-state index in [-0.39, 0.29) is 53.1 Å². The largest absolute Gasteiger partial charge is 0.455 e. The highest BCUT2D eigenvalue weighted by atomic mass is 35.5. The average molecular weight is 1180 g/mol. The van der Waals surface area contributed by atoms with Crippen molar-refractivity contribution in [3.05, 3.63) is 152 Å². The number of nitrogens with zero attached hydrogens (tertiary/aromatic N) is 6. The van der Waals surface area contributed by atoms with E-state index in [9.17, 15) is 37.7 Å². The number of benzene rings is 4. The van der Waals surface area contributed by atoms with Crippen LogP contribution >= 0.6 is 11.6 Å². The van der Waals surface area contributed by atoms with Gasteiger partial charge in [0.25, 0.3) is 27.5 Å². The number of imide groups is 1. The predicted molar refractivity (Wildman–Crippen MR) is 321 cm³/mol. The van der Waals surface area contributed by atoms with Crippen molar-refractivity contribution in [2.45, 2.75) is 89.1 Å². The maximum absolute atomic E-state index is 14.2. The van der Waals surface area contributed by atoms with Gasteiger partial charge in [0.1, 0.15) is 28.9 Å². The van der Waals surface area contributed by atoms with Crippen molar-refractivity contribution in [3.8, 4) is 23.3 Å². The molecule has 84 heavy (non-hydrogen) atoms. The fourth-order valence-corrected chi connectivity index (χ4v) is 13.2. The van der Waals surface area contributed by atoms with Crippen LogP contribution in [0.3, 0.4) is 0 Å². The van der Waals surface area contributed by atoms with Crippen LogP contribution in [0.25, 0.3) is 16.6 Å². The molecule has 4 amide bonds. The summed E-state index contributed by atoms with van der Waals surface area (Å²) in [4.78, 5) is 79.1. The molecule has 436 valence electrons. The molecule has 4 aromatic carbocycles. The highest BCUT2D eigenvalue weighted by Gasteiger charge is 2.40. The number of halogens is 1. The molecule has 1 atom stereocenters. The summed E-state index contributed by atoms with van der Waals surface area (Å²) < 4.78 is 36.5. The Hall–Kier alpha value is -8.09. The van der Waals surface area contributed by atoms with Crippen LogP contribution in [0.4, 0.5) is 17.1 Å². The lowest BCUT2D eigenvalue weighted by molar-refractivity contribution is -0.384. The number of nitro groups is 1. The molecule has 6 aromatic rings. The number of unbranched alkanes of at least 4 members (excludes halogenated alkanes) is 1. The third-order valence-corrected chi connectivity index (χ3v) is 18.5. The maximum Gasteiger partial charge on any atom is 0.293 e. The van der Waals surface area contributed by atoms with Gasteiger partial charge < -0.3 is 29.7 Å². The number of carbonyl (C=O) groups excluding carboxylic acids is 4. The molecule has 4 aliphatic heterocycles. The number of nitrogens with one attached hydrogen (secondary N) is 4. The Bertz CT molecular complexity index is 3760. The van der Waals surface area contributed by atoms with Crippen LogP contribution in [0.5, 0.6) is 11.5 Å². The molecule has 5 aliphatic rings. The molecule has 3 saturated heterocycles. The quantitative estimate of drug-likeness (QED) is 0.0219. The number of hydrogen-bond donors (Lipinski definition) is 4. The predicted octanol–water partition coefficient (Wildman–Crippen LogP) is 9.54. The lowest BCUT2D eigenvalue weighted by Crippen LogP contribution is -2.52. The highest BCUT2D eigenvalue weighted by molar-refractivity contribution is 7.90. The number of aromatic nitrogens is 2. The van der Waals surface area contributed by atoms with Crippen molar-refractivity contribution in [1.29, 1.82) is 0 Å². The van der Waals surface area contributed by atoms with Crippen molar-refractivity contribution >= 4 is 78.9 Å². The number of H-pyrrole nitrogens is 1. The molecule has 0 spiro atoms. The Labute approximate surface area is 493 Å². The molecule has 6 heterocycles. The fourth-order valence-electron chi connectivity index (χ4n) is 12.1. The van der Waals surface area contributed by atoms with Crippen LogP contribution in [-0.4, -0.2) is 127 Å². The second kappa shape index (κ2) is 24.6. The molecule has 1 aliphatic carbocycles. The van der Waals surface area contributed by atoms with E-state index in [1.165, 1.54) is 46.0 Å². The number of piperidine rings is 2. The van der Waals surface area contributed by atoms with Crippen LogP contribution in [0, 0.1) is 33.3 Å². The van der Waals surface area contributed by atoms with Crippen molar-refractivity contribution in [1.82, 2.24) is 34.7 Å². The smallest absolute Gasteiger partial charge is 0.293 e. The lowest BCUT2D eigenvalue weighted by atomic mass is 9.72. The maximum atomic E-state index is 14.2. The lowest BCUT2D eigenvalue weighted by Gasteiger charge is -2.39. The summed E-state index contributed by atoms with van der Waals surface area (Å²) in [6.07, 6.45) is 10.1. The summed E-state index contributed by atoms with van der Waals surface area (Å²) in [7, 11) is -4.63. The monoisotopic (exact) mass is 1170 g/mol. The molecular weight excluding hydrogens is 1110 g/mol. The molecule has 0 bridgehead atoms. The van der Waals surface area contributed by atoms with Gasteiger partial charge in [-0.2, -0.15) is 0 Å². The van der Waals surface area contributed by atoms with Gasteiger partial charge in [-0.05, 0) is 153 Å². The summed E-state index contributed by atoms with van der Waals surface area (Å²) >= 11 is 6.27. The summed E-state index contributed by atoms with van der Waals surface area (Å²) in [6.45, 7) is 11.8. The number of allylic oxidation sites excluding steroid dienone is 1. The number of rotatable bonds is 17. The van der Waals surface area contributed by atoms with Gasteiger partial charge >= 0.3 is 0 Å². The Kier molecular flexibility index (Phi) is 16.9. The summed E-state index contributed by atoms with van der Waals surface area (Å²) in [6, 6.07) is 25.1. The van der Waals surface area contributed by atoms with E-state index in [1.807, 2.05) is 24.3 Å². The molecule has 4 N–H and O–H groups in total. The van der Waals surface area contributed by atoms with Crippen molar-refractivity contribution in [2.75, 3.05) is 69.1 Å². The van der Waals surface area contributed by atoms with Crippen LogP contribution in [0.15, 0.2) is 114 Å². The van der Waals surface area contributed by atoms with Crippen LogP contribution < -0.4 is 25.0 Å². The first-order valence-corrected chi connectivity index (χ1v) is 30.6. The molecule has 2 aromatic heterocycles. The van der Waals surface area contributed by atoms with Gasteiger partial charge in [-0.1, -0.05) is 61.1 Å². The van der Waals surface area contributed by atoms with E-state index in [0.29, 0.717) is 49.4 Å². The topological polar surface area (TPSA) is 233 Å². The number of pyridine rings is 1. The number of sulfonamides is 1. The van der Waals surface area contributed by atoms with Gasteiger partial charge in [0, 0.05) is 104 Å². The summed E-state index contributed by atoms with van der Waals surface area (Å²) in [5.74, 6) is 5.17. The second-order valence-corrected chi connectivity index (χ2v) is 25.4. The van der Waals surface area contributed by atoms with Gasteiger partial charge in [0.15, 0.2) is 0 Å². The SMILES string of the molecule is CC1(C)CCC(CN2CCN(c3ccc(C(=O)NS(=O)(=O)c4ccc(NCC5CCN(CCCC#Cc6cccc7c6CN(C6CCC(=O)NC6=O)C7=O)CC5)c([N+](=O)[O-])c4)c(Oc4cnc5[nH]ccc5c4)c3)CC2)=C(c2ccc(Cl)cc2)C1. The molecule has 1 unspecified atom stereocenters. The van der Waals surface area contributed by atoms with Crippen LogP contribution in [0.2, 0.25) is 5.02 Å². The molecule has 11 rings (SSSR count). The van der Waals surface area contributed by atoms with E-state index in [1.54, 1.807) is 36.5 Å². The van der Waals surface area contributed by atoms with E-state index in [0.717, 1.165) is 111 Å². The minimum atomic E-state index is -4.63. The normalized spacial score (nSPS) is 18.8. The van der Waals surface area contributed by atoms with Crippen molar-refractivity contribution < 1.29 is 37.3 Å². The number of amides is 4. The van der Waals surface area contributed by atoms with Crippen LogP contribution in [-0.2, 0) is 26.2 Å². The van der Waals surface area contributed by atoms with E-state index in [2.05, 4.69) is 77.8 Å².